The number of carbonyl (C=O) groups excluding carboxylic acids is 1. The highest BCUT2D eigenvalue weighted by atomic mass is 16.1. The Balaban J connectivity index is 2.39. The van der Waals surface area contributed by atoms with Gasteiger partial charge in [0.15, 0.2) is 0 Å². The Kier molecular flexibility index (Phi) is 1.94. The van der Waals surface area contributed by atoms with Gasteiger partial charge in [0.25, 0.3) is 0 Å². The van der Waals surface area contributed by atoms with E-state index in [0.29, 0.717) is 5.57 Å². The SMILES string of the molecule is O=C=C1C=CC=CC1c1ccn[nH]1. The topological polar surface area (TPSA) is 45.8 Å². The molecule has 3 nitrogen and oxygen atoms in total. The molecular formula is C10H8N2O. The second kappa shape index (κ2) is 3.25. The van der Waals surface area contributed by atoms with Gasteiger partial charge >= 0.3 is 0 Å². The largest absolute Gasteiger partial charge is 0.282 e. The number of H-pyrrole nitrogens is 1. The van der Waals surface area contributed by atoms with Gasteiger partial charge in [-0.05, 0) is 12.1 Å². The highest BCUT2D eigenvalue weighted by Crippen LogP contribution is 2.25. The first-order valence-electron chi connectivity index (χ1n) is 4.01. The number of allylic oxidation sites excluding steroid dienone is 5. The van der Waals surface area contributed by atoms with Crippen LogP contribution in [-0.4, -0.2) is 16.1 Å². The van der Waals surface area contributed by atoms with Gasteiger partial charge in [0.05, 0.1) is 5.92 Å². The molecular weight excluding hydrogens is 164 g/mol. The van der Waals surface area contributed by atoms with E-state index in [4.69, 9.17) is 0 Å². The first kappa shape index (κ1) is 7.77. The zero-order valence-corrected chi connectivity index (χ0v) is 6.90. The molecule has 13 heavy (non-hydrogen) atoms. The molecule has 1 unspecified atom stereocenters. The molecule has 3 heteroatoms. The molecule has 1 atom stereocenters. The summed E-state index contributed by atoms with van der Waals surface area (Å²) >= 11 is 0. The highest BCUT2D eigenvalue weighted by molar-refractivity contribution is 5.63. The van der Waals surface area contributed by atoms with Gasteiger partial charge in [0.1, 0.15) is 5.94 Å². The van der Waals surface area contributed by atoms with Crippen molar-refractivity contribution in [3.63, 3.8) is 0 Å². The third kappa shape index (κ3) is 1.37. The van der Waals surface area contributed by atoms with Crippen LogP contribution in [0.25, 0.3) is 0 Å². The number of nitrogens with zero attached hydrogens (tertiary/aromatic N) is 1. The van der Waals surface area contributed by atoms with Crippen molar-refractivity contribution in [2.24, 2.45) is 0 Å². The Bertz CT molecular complexity index is 395. The lowest BCUT2D eigenvalue weighted by molar-refractivity contribution is 0.566. The van der Waals surface area contributed by atoms with Crippen molar-refractivity contribution in [2.75, 3.05) is 0 Å². The van der Waals surface area contributed by atoms with Crippen molar-refractivity contribution in [3.8, 4) is 0 Å². The van der Waals surface area contributed by atoms with Gasteiger partial charge in [-0.3, -0.25) is 5.10 Å². The fourth-order valence-corrected chi connectivity index (χ4v) is 1.35. The molecule has 0 bridgehead atoms. The lowest BCUT2D eigenvalue weighted by atomic mass is 9.93. The van der Waals surface area contributed by atoms with Gasteiger partial charge in [-0.25, -0.2) is 4.79 Å². The van der Waals surface area contributed by atoms with Crippen molar-refractivity contribution in [1.82, 2.24) is 10.2 Å². The van der Waals surface area contributed by atoms with E-state index in [1.165, 1.54) is 0 Å². The lowest BCUT2D eigenvalue weighted by Gasteiger charge is -2.10. The molecule has 0 radical (unpaired) electrons. The van der Waals surface area contributed by atoms with Gasteiger partial charge in [-0.15, -0.1) is 0 Å². The van der Waals surface area contributed by atoms with E-state index in [1.807, 2.05) is 30.2 Å². The smallest absolute Gasteiger partial charge is 0.128 e. The molecule has 0 saturated heterocycles. The second-order valence-corrected chi connectivity index (χ2v) is 2.79. The van der Waals surface area contributed by atoms with E-state index < -0.39 is 0 Å². The predicted octanol–water partition coefficient (Wildman–Crippen LogP) is 1.38. The average molecular weight is 172 g/mol. The molecule has 2 rings (SSSR count). The maximum absolute atomic E-state index is 10.6. The van der Waals surface area contributed by atoms with E-state index >= 15 is 0 Å². The number of hydrogen-bond acceptors (Lipinski definition) is 2. The monoisotopic (exact) mass is 172 g/mol. The van der Waals surface area contributed by atoms with Crippen LogP contribution in [0.3, 0.4) is 0 Å². The third-order valence-electron chi connectivity index (χ3n) is 2.00. The molecule has 1 aromatic rings. The number of nitrogens with one attached hydrogen (secondary N) is 1. The minimum absolute atomic E-state index is 0.0231. The molecule has 0 fully saturated rings. The predicted molar refractivity (Wildman–Crippen MR) is 48.8 cm³/mol. The Hall–Kier alpha value is -1.86. The summed E-state index contributed by atoms with van der Waals surface area (Å²) in [5, 5.41) is 6.68. The lowest BCUT2D eigenvalue weighted by Crippen LogP contribution is -2.01. The Morgan fingerprint density at radius 2 is 2.38 bits per heavy atom. The molecule has 0 amide bonds. The Labute approximate surface area is 75.5 Å². The first-order valence-corrected chi connectivity index (χ1v) is 4.01. The van der Waals surface area contributed by atoms with Crippen LogP contribution in [0.1, 0.15) is 11.6 Å². The average Bonchev–Trinajstić information content (AvgIpc) is 2.70. The van der Waals surface area contributed by atoms with Crippen LogP contribution >= 0.6 is 0 Å². The van der Waals surface area contributed by atoms with Gasteiger partial charge in [0, 0.05) is 17.5 Å². The van der Waals surface area contributed by atoms with E-state index in [0.717, 1.165) is 5.69 Å². The maximum atomic E-state index is 10.6. The van der Waals surface area contributed by atoms with Crippen LogP contribution in [0, 0.1) is 0 Å². The number of rotatable bonds is 1. The van der Waals surface area contributed by atoms with Crippen molar-refractivity contribution >= 4 is 5.94 Å². The molecule has 1 heterocycles. The Morgan fingerprint density at radius 3 is 3.08 bits per heavy atom. The van der Waals surface area contributed by atoms with E-state index in [-0.39, 0.29) is 5.92 Å². The van der Waals surface area contributed by atoms with Crippen LogP contribution in [0.2, 0.25) is 0 Å². The minimum atomic E-state index is -0.0231. The molecule has 0 aromatic carbocycles. The van der Waals surface area contributed by atoms with Crippen molar-refractivity contribution in [2.45, 2.75) is 5.92 Å². The molecule has 64 valence electrons. The van der Waals surface area contributed by atoms with Crippen LogP contribution in [-0.2, 0) is 4.79 Å². The fraction of sp³-hybridized carbons (Fsp3) is 0.100. The van der Waals surface area contributed by atoms with E-state index in [9.17, 15) is 4.79 Å². The summed E-state index contributed by atoms with van der Waals surface area (Å²) in [5.41, 5.74) is 1.55. The third-order valence-corrected chi connectivity index (χ3v) is 2.00. The number of aromatic amines is 1. The van der Waals surface area contributed by atoms with Crippen LogP contribution in [0.4, 0.5) is 0 Å². The summed E-state index contributed by atoms with van der Waals surface area (Å²) in [4.78, 5) is 10.6. The molecule has 0 aliphatic heterocycles. The van der Waals surface area contributed by atoms with E-state index in [2.05, 4.69) is 10.2 Å². The van der Waals surface area contributed by atoms with Gasteiger partial charge in [0.2, 0.25) is 0 Å². The molecule has 0 saturated carbocycles. The fourth-order valence-electron chi connectivity index (χ4n) is 1.35. The zero-order valence-electron chi connectivity index (χ0n) is 6.90. The normalized spacial score (nSPS) is 20.3. The standard InChI is InChI=1S/C10H8N2O/c13-7-8-3-1-2-4-9(8)10-5-6-11-12-10/h1-6,9H,(H,11,12). The summed E-state index contributed by atoms with van der Waals surface area (Å²) in [7, 11) is 0. The summed E-state index contributed by atoms with van der Waals surface area (Å²) < 4.78 is 0. The zero-order chi connectivity index (χ0) is 9.10. The van der Waals surface area contributed by atoms with Crippen LogP contribution in [0.5, 0.6) is 0 Å². The number of hydrogen-bond donors (Lipinski definition) is 1. The second-order valence-electron chi connectivity index (χ2n) is 2.79. The van der Waals surface area contributed by atoms with Gasteiger partial charge < -0.3 is 0 Å². The number of aromatic nitrogens is 2. The van der Waals surface area contributed by atoms with E-state index in [1.54, 1.807) is 12.3 Å². The molecule has 1 aliphatic rings. The molecule has 1 aromatic heterocycles. The highest BCUT2D eigenvalue weighted by Gasteiger charge is 2.15. The summed E-state index contributed by atoms with van der Waals surface area (Å²) in [6, 6.07) is 1.85. The molecule has 0 spiro atoms. The first-order chi connectivity index (χ1) is 6.42. The summed E-state index contributed by atoms with van der Waals surface area (Å²) in [6.45, 7) is 0. The minimum Gasteiger partial charge on any atom is -0.282 e. The van der Waals surface area contributed by atoms with Gasteiger partial charge in [-0.2, -0.15) is 5.10 Å². The van der Waals surface area contributed by atoms with Crippen molar-refractivity contribution in [3.05, 3.63) is 47.8 Å². The van der Waals surface area contributed by atoms with Gasteiger partial charge in [-0.1, -0.05) is 18.2 Å². The van der Waals surface area contributed by atoms with Crippen molar-refractivity contribution in [1.29, 1.82) is 0 Å². The van der Waals surface area contributed by atoms with Crippen LogP contribution in [0.15, 0.2) is 42.1 Å². The Morgan fingerprint density at radius 1 is 1.46 bits per heavy atom. The summed E-state index contributed by atoms with van der Waals surface area (Å²) in [5.74, 6) is 1.90. The molecule has 1 N–H and O–H groups in total. The molecule has 1 aliphatic carbocycles. The summed E-state index contributed by atoms with van der Waals surface area (Å²) in [6.07, 6.45) is 9.11. The van der Waals surface area contributed by atoms with Crippen LogP contribution < -0.4 is 0 Å². The van der Waals surface area contributed by atoms with Crippen molar-refractivity contribution < 1.29 is 4.79 Å². The quantitative estimate of drug-likeness (QED) is 0.650. The maximum Gasteiger partial charge on any atom is 0.128 e.